The van der Waals surface area contributed by atoms with Gasteiger partial charge in [0, 0.05) is 0 Å². The predicted molar refractivity (Wildman–Crippen MR) is 97.9 cm³/mol. The van der Waals surface area contributed by atoms with E-state index in [1.165, 1.54) is 6.42 Å². The summed E-state index contributed by atoms with van der Waals surface area (Å²) < 4.78 is 11.4. The lowest BCUT2D eigenvalue weighted by Crippen LogP contribution is -2.41. The van der Waals surface area contributed by atoms with Crippen LogP contribution in [0.1, 0.15) is 83.5 Å². The summed E-state index contributed by atoms with van der Waals surface area (Å²) in [6.07, 6.45) is 10.9. The highest BCUT2D eigenvalue weighted by Crippen LogP contribution is 2.37. The SMILES string of the molecule is O=C(O)C1CCC(C(=O)OC2CCCCC2)C(C(=O)OC2CCCCC2)C1. The fourth-order valence-corrected chi connectivity index (χ4v) is 4.81. The van der Waals surface area contributed by atoms with Gasteiger partial charge >= 0.3 is 17.9 Å². The van der Waals surface area contributed by atoms with Crippen molar-refractivity contribution in [1.82, 2.24) is 0 Å². The maximum absolute atomic E-state index is 12.8. The predicted octanol–water partition coefficient (Wildman–Crippen LogP) is 3.86. The van der Waals surface area contributed by atoms with Gasteiger partial charge in [-0.2, -0.15) is 0 Å². The molecule has 0 aromatic rings. The van der Waals surface area contributed by atoms with Gasteiger partial charge in [-0.15, -0.1) is 0 Å². The monoisotopic (exact) mass is 380 g/mol. The van der Waals surface area contributed by atoms with Crippen molar-refractivity contribution in [2.45, 2.75) is 95.7 Å². The van der Waals surface area contributed by atoms with Crippen molar-refractivity contribution in [1.29, 1.82) is 0 Å². The molecule has 1 N–H and O–H groups in total. The first-order valence-corrected chi connectivity index (χ1v) is 10.7. The van der Waals surface area contributed by atoms with Crippen molar-refractivity contribution in [3.8, 4) is 0 Å². The molecule has 0 amide bonds. The van der Waals surface area contributed by atoms with E-state index in [1.807, 2.05) is 0 Å². The zero-order valence-corrected chi connectivity index (χ0v) is 16.1. The van der Waals surface area contributed by atoms with Crippen LogP contribution in [0.5, 0.6) is 0 Å². The lowest BCUT2D eigenvalue weighted by Gasteiger charge is -2.34. The minimum atomic E-state index is -0.899. The fraction of sp³-hybridized carbons (Fsp3) is 0.857. The second-order valence-electron chi connectivity index (χ2n) is 8.46. The van der Waals surface area contributed by atoms with E-state index in [0.29, 0.717) is 12.8 Å². The molecular weight excluding hydrogens is 348 g/mol. The van der Waals surface area contributed by atoms with E-state index in [-0.39, 0.29) is 24.6 Å². The molecule has 0 radical (unpaired) electrons. The lowest BCUT2D eigenvalue weighted by atomic mass is 9.74. The minimum Gasteiger partial charge on any atom is -0.481 e. The molecule has 3 rings (SSSR count). The Bertz CT molecular complexity index is 533. The van der Waals surface area contributed by atoms with Gasteiger partial charge in [-0.25, -0.2) is 0 Å². The Morgan fingerprint density at radius 1 is 0.630 bits per heavy atom. The highest BCUT2D eigenvalue weighted by molar-refractivity contribution is 5.83. The van der Waals surface area contributed by atoms with E-state index in [1.54, 1.807) is 0 Å². The zero-order valence-electron chi connectivity index (χ0n) is 16.1. The highest BCUT2D eigenvalue weighted by Gasteiger charge is 2.44. The molecule has 6 heteroatoms. The van der Waals surface area contributed by atoms with Gasteiger partial charge < -0.3 is 14.6 Å². The van der Waals surface area contributed by atoms with Crippen molar-refractivity contribution in [3.05, 3.63) is 0 Å². The third-order valence-corrected chi connectivity index (χ3v) is 6.48. The first kappa shape index (κ1) is 20.2. The van der Waals surface area contributed by atoms with Crippen molar-refractivity contribution < 1.29 is 29.0 Å². The van der Waals surface area contributed by atoms with Gasteiger partial charge in [0.1, 0.15) is 12.2 Å². The number of carboxylic acids is 1. The Kier molecular flexibility index (Phi) is 7.13. The number of carbonyl (C=O) groups excluding carboxylic acids is 2. The average molecular weight is 380 g/mol. The van der Waals surface area contributed by atoms with Crippen LogP contribution in [0.3, 0.4) is 0 Å². The third-order valence-electron chi connectivity index (χ3n) is 6.48. The van der Waals surface area contributed by atoms with Crippen LogP contribution < -0.4 is 0 Å². The molecule has 0 aromatic carbocycles. The average Bonchev–Trinajstić information content (AvgIpc) is 2.69. The number of ether oxygens (including phenoxy) is 2. The normalized spacial score (nSPS) is 30.4. The number of hydrogen-bond acceptors (Lipinski definition) is 5. The molecule has 0 saturated heterocycles. The number of esters is 2. The molecular formula is C21H32O6. The smallest absolute Gasteiger partial charge is 0.310 e. The Morgan fingerprint density at radius 3 is 1.59 bits per heavy atom. The Hall–Kier alpha value is -1.59. The number of rotatable bonds is 5. The van der Waals surface area contributed by atoms with E-state index in [0.717, 1.165) is 57.8 Å². The quantitative estimate of drug-likeness (QED) is 0.729. The van der Waals surface area contributed by atoms with Gasteiger partial charge in [0.15, 0.2) is 0 Å². The van der Waals surface area contributed by atoms with Crippen LogP contribution in [0.15, 0.2) is 0 Å². The molecule has 3 aliphatic carbocycles. The van der Waals surface area contributed by atoms with E-state index in [2.05, 4.69) is 0 Å². The molecule has 3 atom stereocenters. The van der Waals surface area contributed by atoms with E-state index < -0.39 is 29.7 Å². The molecule has 3 fully saturated rings. The number of carbonyl (C=O) groups is 3. The van der Waals surface area contributed by atoms with Crippen LogP contribution in [-0.2, 0) is 23.9 Å². The largest absolute Gasteiger partial charge is 0.481 e. The molecule has 3 saturated carbocycles. The van der Waals surface area contributed by atoms with Crippen LogP contribution >= 0.6 is 0 Å². The van der Waals surface area contributed by atoms with Crippen LogP contribution in [-0.4, -0.2) is 35.2 Å². The molecule has 3 unspecified atom stereocenters. The molecule has 152 valence electrons. The van der Waals surface area contributed by atoms with E-state index in [9.17, 15) is 19.5 Å². The van der Waals surface area contributed by atoms with Crippen molar-refractivity contribution in [2.24, 2.45) is 17.8 Å². The van der Waals surface area contributed by atoms with Gasteiger partial charge in [-0.1, -0.05) is 12.8 Å². The van der Waals surface area contributed by atoms with Crippen molar-refractivity contribution in [2.75, 3.05) is 0 Å². The molecule has 6 nitrogen and oxygen atoms in total. The summed E-state index contributed by atoms with van der Waals surface area (Å²) in [4.78, 5) is 37.0. The van der Waals surface area contributed by atoms with Gasteiger partial charge in [0.2, 0.25) is 0 Å². The number of aliphatic carboxylic acids is 1. The highest BCUT2D eigenvalue weighted by atomic mass is 16.6. The topological polar surface area (TPSA) is 89.9 Å². The van der Waals surface area contributed by atoms with Gasteiger partial charge in [-0.05, 0) is 70.6 Å². The summed E-state index contributed by atoms with van der Waals surface area (Å²) in [7, 11) is 0. The standard InChI is InChI=1S/C21H32O6/c22-19(23)14-11-12-17(20(24)26-15-7-3-1-4-8-15)18(13-14)21(25)27-16-9-5-2-6-10-16/h14-18H,1-13H2,(H,22,23). The number of hydrogen-bond donors (Lipinski definition) is 1. The summed E-state index contributed by atoms with van der Waals surface area (Å²) in [5.74, 6) is -3.50. The molecule has 0 aromatic heterocycles. The van der Waals surface area contributed by atoms with Crippen molar-refractivity contribution >= 4 is 17.9 Å². The second-order valence-corrected chi connectivity index (χ2v) is 8.46. The summed E-state index contributed by atoms with van der Waals surface area (Å²) in [6, 6.07) is 0. The summed E-state index contributed by atoms with van der Waals surface area (Å²) in [5.41, 5.74) is 0. The molecule has 0 spiro atoms. The minimum absolute atomic E-state index is 0.0570. The Balaban J connectivity index is 1.64. The maximum Gasteiger partial charge on any atom is 0.310 e. The van der Waals surface area contributed by atoms with Gasteiger partial charge in [0.25, 0.3) is 0 Å². The van der Waals surface area contributed by atoms with Crippen LogP contribution in [0.2, 0.25) is 0 Å². The summed E-state index contributed by atoms with van der Waals surface area (Å²) in [6.45, 7) is 0. The molecule has 3 aliphatic rings. The van der Waals surface area contributed by atoms with E-state index >= 15 is 0 Å². The fourth-order valence-electron chi connectivity index (χ4n) is 4.81. The first-order valence-electron chi connectivity index (χ1n) is 10.7. The van der Waals surface area contributed by atoms with Crippen LogP contribution in [0.25, 0.3) is 0 Å². The van der Waals surface area contributed by atoms with Crippen LogP contribution in [0.4, 0.5) is 0 Å². The lowest BCUT2D eigenvalue weighted by molar-refractivity contribution is -0.172. The Labute approximate surface area is 161 Å². The third kappa shape index (κ3) is 5.45. The number of carboxylic acid groups (broad SMARTS) is 1. The Morgan fingerprint density at radius 2 is 1.11 bits per heavy atom. The molecule has 0 aliphatic heterocycles. The summed E-state index contributed by atoms with van der Waals surface area (Å²) >= 11 is 0. The van der Waals surface area contributed by atoms with Crippen molar-refractivity contribution in [3.63, 3.8) is 0 Å². The molecule has 0 bridgehead atoms. The van der Waals surface area contributed by atoms with E-state index in [4.69, 9.17) is 9.47 Å². The maximum atomic E-state index is 12.8. The first-order chi connectivity index (χ1) is 13.0. The second kappa shape index (κ2) is 9.56. The van der Waals surface area contributed by atoms with Crippen LogP contribution in [0, 0.1) is 17.8 Å². The zero-order chi connectivity index (χ0) is 19.2. The molecule has 0 heterocycles. The summed E-state index contributed by atoms with van der Waals surface area (Å²) in [5, 5.41) is 9.38. The van der Waals surface area contributed by atoms with Gasteiger partial charge in [-0.3, -0.25) is 14.4 Å². The molecule has 27 heavy (non-hydrogen) atoms. The van der Waals surface area contributed by atoms with Gasteiger partial charge in [0.05, 0.1) is 17.8 Å².